The summed E-state index contributed by atoms with van der Waals surface area (Å²) in [5.74, 6) is 0.805. The van der Waals surface area contributed by atoms with Crippen molar-refractivity contribution in [1.82, 2.24) is 5.32 Å². The molecular formula is C20H22ClFN2O2. The number of benzene rings is 2. The SMILES string of the molecule is Cl.O=C(Nc1ccc2c(c1F)CCNC2)c1ccc(OCC2CC2)cc1. The first-order chi connectivity index (χ1) is 12.2. The average molecular weight is 377 g/mol. The minimum Gasteiger partial charge on any atom is -0.493 e. The first kappa shape index (κ1) is 18.7. The molecule has 2 aliphatic rings. The molecule has 4 nitrogen and oxygen atoms in total. The number of carbonyl (C=O) groups is 1. The Morgan fingerprint density at radius 1 is 1.19 bits per heavy atom. The number of halogens is 2. The zero-order valence-corrected chi connectivity index (χ0v) is 15.2. The lowest BCUT2D eigenvalue weighted by atomic mass is 9.99. The fraction of sp³-hybridized carbons (Fsp3) is 0.350. The van der Waals surface area contributed by atoms with Crippen molar-refractivity contribution in [2.45, 2.75) is 25.8 Å². The van der Waals surface area contributed by atoms with Gasteiger partial charge >= 0.3 is 0 Å². The molecule has 0 bridgehead atoms. The minimum atomic E-state index is -0.322. The van der Waals surface area contributed by atoms with Crippen molar-refractivity contribution in [2.75, 3.05) is 18.5 Å². The number of fused-ring (bicyclic) bond motifs is 1. The van der Waals surface area contributed by atoms with Gasteiger partial charge in [-0.1, -0.05) is 6.07 Å². The molecule has 6 heteroatoms. The van der Waals surface area contributed by atoms with Crippen LogP contribution in [0.25, 0.3) is 0 Å². The van der Waals surface area contributed by atoms with E-state index in [9.17, 15) is 9.18 Å². The summed E-state index contributed by atoms with van der Waals surface area (Å²) in [5.41, 5.74) is 2.37. The summed E-state index contributed by atoms with van der Waals surface area (Å²) in [6.45, 7) is 2.16. The fourth-order valence-corrected chi connectivity index (χ4v) is 3.03. The van der Waals surface area contributed by atoms with Gasteiger partial charge in [-0.25, -0.2) is 4.39 Å². The summed E-state index contributed by atoms with van der Waals surface area (Å²) >= 11 is 0. The van der Waals surface area contributed by atoms with Crippen LogP contribution in [0.3, 0.4) is 0 Å². The van der Waals surface area contributed by atoms with E-state index in [4.69, 9.17) is 4.74 Å². The summed E-state index contributed by atoms with van der Waals surface area (Å²) in [6.07, 6.45) is 3.11. The predicted octanol–water partition coefficient (Wildman–Crippen LogP) is 3.93. The molecule has 1 fully saturated rings. The number of anilines is 1. The largest absolute Gasteiger partial charge is 0.493 e. The van der Waals surface area contributed by atoms with Crippen LogP contribution in [0.15, 0.2) is 36.4 Å². The second-order valence-corrected chi connectivity index (χ2v) is 6.72. The normalized spacial score (nSPS) is 15.6. The quantitative estimate of drug-likeness (QED) is 0.831. The van der Waals surface area contributed by atoms with E-state index >= 15 is 0 Å². The molecule has 1 saturated carbocycles. The van der Waals surface area contributed by atoms with Crippen LogP contribution < -0.4 is 15.4 Å². The Morgan fingerprint density at radius 2 is 1.96 bits per heavy atom. The lowest BCUT2D eigenvalue weighted by Crippen LogP contribution is -2.25. The van der Waals surface area contributed by atoms with E-state index in [0.29, 0.717) is 30.0 Å². The van der Waals surface area contributed by atoms with Gasteiger partial charge in [0.1, 0.15) is 11.6 Å². The van der Waals surface area contributed by atoms with Gasteiger partial charge in [-0.3, -0.25) is 4.79 Å². The molecule has 2 aromatic carbocycles. The highest BCUT2D eigenvalue weighted by molar-refractivity contribution is 6.04. The summed E-state index contributed by atoms with van der Waals surface area (Å²) in [7, 11) is 0. The van der Waals surface area contributed by atoms with Gasteiger partial charge in [0.2, 0.25) is 0 Å². The topological polar surface area (TPSA) is 50.4 Å². The van der Waals surface area contributed by atoms with Crippen molar-refractivity contribution in [3.63, 3.8) is 0 Å². The Kier molecular flexibility index (Phi) is 5.79. The van der Waals surface area contributed by atoms with Gasteiger partial charge in [-0.2, -0.15) is 0 Å². The molecule has 0 unspecified atom stereocenters. The van der Waals surface area contributed by atoms with Gasteiger partial charge in [0.15, 0.2) is 0 Å². The smallest absolute Gasteiger partial charge is 0.255 e. The molecule has 0 radical (unpaired) electrons. The average Bonchev–Trinajstić information content (AvgIpc) is 3.47. The molecule has 2 aromatic rings. The zero-order chi connectivity index (χ0) is 17.2. The van der Waals surface area contributed by atoms with Gasteiger partial charge in [0.05, 0.1) is 12.3 Å². The maximum atomic E-state index is 14.6. The van der Waals surface area contributed by atoms with Gasteiger partial charge in [-0.05, 0) is 73.2 Å². The zero-order valence-electron chi connectivity index (χ0n) is 14.4. The molecular weight excluding hydrogens is 355 g/mol. The number of amides is 1. The number of hydrogen-bond acceptors (Lipinski definition) is 3. The molecule has 0 spiro atoms. The van der Waals surface area contributed by atoms with Crippen molar-refractivity contribution < 1.29 is 13.9 Å². The summed E-state index contributed by atoms with van der Waals surface area (Å²) in [5, 5.41) is 5.90. The molecule has 0 atom stereocenters. The number of ether oxygens (including phenoxy) is 1. The summed E-state index contributed by atoms with van der Waals surface area (Å²) < 4.78 is 20.3. The Bertz CT molecular complexity index is 791. The number of nitrogens with one attached hydrogen (secondary N) is 2. The van der Waals surface area contributed by atoms with E-state index in [0.717, 1.165) is 24.5 Å². The fourth-order valence-electron chi connectivity index (χ4n) is 3.03. The van der Waals surface area contributed by atoms with Crippen molar-refractivity contribution >= 4 is 24.0 Å². The second-order valence-electron chi connectivity index (χ2n) is 6.72. The Morgan fingerprint density at radius 3 is 2.69 bits per heavy atom. The molecule has 1 amide bonds. The van der Waals surface area contributed by atoms with E-state index in [2.05, 4.69) is 10.6 Å². The Labute approximate surface area is 158 Å². The molecule has 138 valence electrons. The maximum Gasteiger partial charge on any atom is 0.255 e. The third kappa shape index (κ3) is 4.17. The van der Waals surface area contributed by atoms with Crippen LogP contribution in [0.1, 0.15) is 34.3 Å². The van der Waals surface area contributed by atoms with Gasteiger partial charge in [-0.15, -0.1) is 12.4 Å². The van der Waals surface area contributed by atoms with Crippen molar-refractivity contribution in [3.8, 4) is 5.75 Å². The second kappa shape index (κ2) is 8.06. The highest BCUT2D eigenvalue weighted by Crippen LogP contribution is 2.29. The van der Waals surface area contributed by atoms with Crippen LogP contribution in [-0.4, -0.2) is 19.1 Å². The van der Waals surface area contributed by atoms with E-state index in [1.165, 1.54) is 12.8 Å². The molecule has 1 heterocycles. The van der Waals surface area contributed by atoms with E-state index in [1.54, 1.807) is 30.3 Å². The third-order valence-electron chi connectivity index (χ3n) is 4.75. The lowest BCUT2D eigenvalue weighted by Gasteiger charge is -2.19. The first-order valence-electron chi connectivity index (χ1n) is 8.76. The predicted molar refractivity (Wildman–Crippen MR) is 102 cm³/mol. The number of hydrogen-bond donors (Lipinski definition) is 2. The molecule has 0 saturated heterocycles. The minimum absolute atomic E-state index is 0. The molecule has 1 aliphatic heterocycles. The lowest BCUT2D eigenvalue weighted by molar-refractivity contribution is 0.102. The van der Waals surface area contributed by atoms with Crippen molar-refractivity contribution in [2.24, 2.45) is 5.92 Å². The van der Waals surface area contributed by atoms with Gasteiger partial charge in [0, 0.05) is 12.1 Å². The maximum absolute atomic E-state index is 14.6. The van der Waals surface area contributed by atoms with E-state index in [-0.39, 0.29) is 29.8 Å². The Hall–Kier alpha value is -2.11. The van der Waals surface area contributed by atoms with Gasteiger partial charge in [0.25, 0.3) is 5.91 Å². The molecule has 2 N–H and O–H groups in total. The number of rotatable bonds is 5. The molecule has 4 rings (SSSR count). The van der Waals surface area contributed by atoms with Crippen molar-refractivity contribution in [1.29, 1.82) is 0 Å². The third-order valence-corrected chi connectivity index (χ3v) is 4.75. The highest BCUT2D eigenvalue weighted by Gasteiger charge is 2.22. The van der Waals surface area contributed by atoms with Crippen LogP contribution in [0, 0.1) is 11.7 Å². The van der Waals surface area contributed by atoms with Crippen molar-refractivity contribution in [3.05, 3.63) is 58.9 Å². The van der Waals surface area contributed by atoms with Crippen LogP contribution in [0.2, 0.25) is 0 Å². The first-order valence-corrected chi connectivity index (χ1v) is 8.76. The standard InChI is InChI=1S/C20H21FN2O2.ClH/c21-19-17-9-10-22-11-15(17)5-8-18(19)23-20(24)14-3-6-16(7-4-14)25-12-13-1-2-13;/h3-8,13,22H,1-2,9-12H2,(H,23,24);1H. The molecule has 1 aliphatic carbocycles. The monoisotopic (exact) mass is 376 g/mol. The summed E-state index contributed by atoms with van der Waals surface area (Å²) in [4.78, 5) is 12.4. The van der Waals surface area contributed by atoms with Crippen LogP contribution >= 0.6 is 12.4 Å². The number of carbonyl (C=O) groups excluding carboxylic acids is 1. The van der Waals surface area contributed by atoms with Crippen LogP contribution in [-0.2, 0) is 13.0 Å². The summed E-state index contributed by atoms with van der Waals surface area (Å²) in [6, 6.07) is 10.5. The van der Waals surface area contributed by atoms with E-state index in [1.807, 2.05) is 6.07 Å². The van der Waals surface area contributed by atoms with Crippen LogP contribution in [0.4, 0.5) is 10.1 Å². The van der Waals surface area contributed by atoms with E-state index < -0.39 is 0 Å². The highest BCUT2D eigenvalue weighted by atomic mass is 35.5. The Balaban J connectivity index is 0.00000196. The van der Waals surface area contributed by atoms with Gasteiger partial charge < -0.3 is 15.4 Å². The molecule has 0 aromatic heterocycles. The van der Waals surface area contributed by atoms with Crippen LogP contribution in [0.5, 0.6) is 5.75 Å². The molecule has 26 heavy (non-hydrogen) atoms.